The van der Waals surface area contributed by atoms with E-state index in [1.165, 1.54) is 6.92 Å². The number of hydrogen-bond donors (Lipinski definition) is 2. The minimum atomic E-state index is -4.50. The van der Waals surface area contributed by atoms with Crippen molar-refractivity contribution in [2.24, 2.45) is 0 Å². The molecule has 0 aliphatic heterocycles. The second-order valence-electron chi connectivity index (χ2n) is 5.92. The normalized spacial score (nSPS) is 13.7. The lowest BCUT2D eigenvalue weighted by molar-refractivity contribution is -0.174. The molecular formula is C15H20F4N2O4S. The van der Waals surface area contributed by atoms with E-state index in [1.807, 2.05) is 0 Å². The van der Waals surface area contributed by atoms with Crippen LogP contribution in [0.15, 0.2) is 23.1 Å². The topological polar surface area (TPSA) is 84.5 Å². The van der Waals surface area contributed by atoms with Crippen molar-refractivity contribution in [1.29, 1.82) is 0 Å². The van der Waals surface area contributed by atoms with Crippen molar-refractivity contribution < 1.29 is 35.5 Å². The molecule has 148 valence electrons. The Morgan fingerprint density at radius 2 is 1.85 bits per heavy atom. The first-order valence-corrected chi connectivity index (χ1v) is 9.07. The summed E-state index contributed by atoms with van der Waals surface area (Å²) in [6.07, 6.45) is -4.50. The van der Waals surface area contributed by atoms with Gasteiger partial charge in [0.2, 0.25) is 10.0 Å². The molecule has 0 saturated heterocycles. The number of carbonyl (C=O) groups excluding carboxylic acids is 1. The minimum absolute atomic E-state index is 0.307. The molecular weight excluding hydrogens is 380 g/mol. The van der Waals surface area contributed by atoms with Gasteiger partial charge in [0.1, 0.15) is 12.4 Å². The van der Waals surface area contributed by atoms with Crippen molar-refractivity contribution in [3.05, 3.63) is 29.6 Å². The molecule has 0 fully saturated rings. The van der Waals surface area contributed by atoms with Gasteiger partial charge in [-0.2, -0.15) is 13.2 Å². The fraction of sp³-hybridized carbons (Fsp3) is 0.533. The zero-order valence-electron chi connectivity index (χ0n) is 14.4. The first-order valence-electron chi connectivity index (χ1n) is 7.59. The largest absolute Gasteiger partial charge is 0.411 e. The van der Waals surface area contributed by atoms with Gasteiger partial charge in [0.25, 0.3) is 5.91 Å². The Labute approximate surface area is 149 Å². The van der Waals surface area contributed by atoms with Gasteiger partial charge in [-0.05, 0) is 39.0 Å². The molecule has 1 aromatic carbocycles. The van der Waals surface area contributed by atoms with Crippen LogP contribution in [-0.2, 0) is 14.8 Å². The van der Waals surface area contributed by atoms with Crippen LogP contribution in [0.3, 0.4) is 0 Å². The third-order valence-corrected chi connectivity index (χ3v) is 4.55. The number of carbonyl (C=O) groups is 1. The Morgan fingerprint density at radius 1 is 1.23 bits per heavy atom. The summed E-state index contributed by atoms with van der Waals surface area (Å²) in [7, 11) is -3.94. The molecule has 0 aliphatic carbocycles. The van der Waals surface area contributed by atoms with Gasteiger partial charge < -0.3 is 10.1 Å². The molecule has 1 atom stereocenters. The van der Waals surface area contributed by atoms with Crippen molar-refractivity contribution in [3.63, 3.8) is 0 Å². The summed E-state index contributed by atoms with van der Waals surface area (Å²) in [5.41, 5.74) is -0.542. The van der Waals surface area contributed by atoms with Gasteiger partial charge in [-0.25, -0.2) is 17.5 Å². The van der Waals surface area contributed by atoms with Crippen LogP contribution in [0, 0.1) is 5.82 Å². The van der Waals surface area contributed by atoms with E-state index < -0.39 is 58.8 Å². The number of rotatable bonds is 8. The number of alkyl halides is 3. The summed E-state index contributed by atoms with van der Waals surface area (Å²) in [5, 5.41) is 2.26. The molecule has 0 bridgehead atoms. The number of amides is 1. The fourth-order valence-electron chi connectivity index (χ4n) is 1.92. The third-order valence-electron chi connectivity index (χ3n) is 2.89. The van der Waals surface area contributed by atoms with E-state index in [1.54, 1.807) is 13.8 Å². The maximum Gasteiger partial charge on any atom is 0.411 e. The lowest BCUT2D eigenvalue weighted by Crippen LogP contribution is -2.37. The Bertz CT molecular complexity index is 736. The molecule has 26 heavy (non-hydrogen) atoms. The number of hydrogen-bond acceptors (Lipinski definition) is 4. The van der Waals surface area contributed by atoms with Crippen LogP contribution in [0.5, 0.6) is 0 Å². The van der Waals surface area contributed by atoms with E-state index in [9.17, 15) is 30.8 Å². The van der Waals surface area contributed by atoms with Crippen LogP contribution in [-0.4, -0.2) is 45.8 Å². The predicted octanol–water partition coefficient (Wildman–Crippen LogP) is 2.21. The van der Waals surface area contributed by atoms with E-state index >= 15 is 0 Å². The quantitative estimate of drug-likeness (QED) is 0.656. The van der Waals surface area contributed by atoms with Gasteiger partial charge in [0.05, 0.1) is 17.1 Å². The average molecular weight is 400 g/mol. The molecule has 6 nitrogen and oxygen atoms in total. The molecule has 1 unspecified atom stereocenters. The SMILES string of the molecule is CC(C)NS(=O)(=O)c1ccc(F)c(C(=O)NC(C)COCC(F)(F)F)c1. The van der Waals surface area contributed by atoms with Gasteiger partial charge in [0, 0.05) is 12.1 Å². The average Bonchev–Trinajstić information content (AvgIpc) is 2.44. The molecule has 1 rings (SSSR count). The van der Waals surface area contributed by atoms with Crippen molar-refractivity contribution in [2.45, 2.75) is 43.9 Å². The number of nitrogens with one attached hydrogen (secondary N) is 2. The second-order valence-corrected chi connectivity index (χ2v) is 7.64. The Kier molecular flexibility index (Phi) is 7.54. The van der Waals surface area contributed by atoms with Crippen molar-refractivity contribution >= 4 is 15.9 Å². The fourth-order valence-corrected chi connectivity index (χ4v) is 3.20. The zero-order valence-corrected chi connectivity index (χ0v) is 15.2. The van der Waals surface area contributed by atoms with Gasteiger partial charge in [-0.15, -0.1) is 0 Å². The van der Waals surface area contributed by atoms with Gasteiger partial charge in [-0.3, -0.25) is 4.79 Å². The summed E-state index contributed by atoms with van der Waals surface area (Å²) in [4.78, 5) is 11.8. The van der Waals surface area contributed by atoms with Crippen LogP contribution in [0.2, 0.25) is 0 Å². The third kappa shape index (κ3) is 7.26. The van der Waals surface area contributed by atoms with Crippen LogP contribution in [0.1, 0.15) is 31.1 Å². The number of halogens is 4. The lowest BCUT2D eigenvalue weighted by atomic mass is 10.2. The predicted molar refractivity (Wildman–Crippen MR) is 85.7 cm³/mol. The smallest absolute Gasteiger partial charge is 0.370 e. The Balaban J connectivity index is 2.84. The molecule has 11 heteroatoms. The van der Waals surface area contributed by atoms with Crippen LogP contribution >= 0.6 is 0 Å². The number of benzene rings is 1. The molecule has 0 aliphatic rings. The number of sulfonamides is 1. The van der Waals surface area contributed by atoms with Crippen molar-refractivity contribution in [3.8, 4) is 0 Å². The summed E-state index contributed by atoms with van der Waals surface area (Å²) in [6, 6.07) is 1.44. The first-order chi connectivity index (χ1) is 11.8. The maximum absolute atomic E-state index is 13.9. The second kappa shape index (κ2) is 8.78. The summed E-state index contributed by atoms with van der Waals surface area (Å²) >= 11 is 0. The Hall–Kier alpha value is -1.72. The van der Waals surface area contributed by atoms with E-state index in [0.717, 1.165) is 18.2 Å². The maximum atomic E-state index is 13.9. The minimum Gasteiger partial charge on any atom is -0.370 e. The van der Waals surface area contributed by atoms with Crippen LogP contribution in [0.4, 0.5) is 17.6 Å². The first kappa shape index (κ1) is 22.3. The van der Waals surface area contributed by atoms with Gasteiger partial charge in [0.15, 0.2) is 0 Å². The highest BCUT2D eigenvalue weighted by atomic mass is 32.2. The molecule has 0 spiro atoms. The molecule has 0 heterocycles. The van der Waals surface area contributed by atoms with Crippen LogP contribution < -0.4 is 10.0 Å². The standard InChI is InChI=1S/C15H20F4N2O4S/c1-9(2)21-26(23,24)11-4-5-13(16)12(6-11)14(22)20-10(3)7-25-8-15(17,18)19/h4-6,9-10,21H,7-8H2,1-3H3,(H,20,22). The lowest BCUT2D eigenvalue weighted by Gasteiger charge is -2.16. The van der Waals surface area contributed by atoms with Crippen molar-refractivity contribution in [2.75, 3.05) is 13.2 Å². The zero-order chi connectivity index (χ0) is 20.1. The molecule has 0 saturated carbocycles. The van der Waals surface area contributed by atoms with E-state index in [2.05, 4.69) is 14.8 Å². The molecule has 2 N–H and O–H groups in total. The highest BCUT2D eigenvalue weighted by molar-refractivity contribution is 7.89. The summed E-state index contributed by atoms with van der Waals surface area (Å²) in [5.74, 6) is -1.93. The van der Waals surface area contributed by atoms with Gasteiger partial charge in [-0.1, -0.05) is 0 Å². The molecule has 0 radical (unpaired) electrons. The Morgan fingerprint density at radius 3 is 2.38 bits per heavy atom. The highest BCUT2D eigenvalue weighted by Crippen LogP contribution is 2.16. The van der Waals surface area contributed by atoms with E-state index in [0.29, 0.717) is 0 Å². The van der Waals surface area contributed by atoms with Crippen molar-refractivity contribution in [1.82, 2.24) is 10.0 Å². The van der Waals surface area contributed by atoms with Crippen LogP contribution in [0.25, 0.3) is 0 Å². The molecule has 1 aromatic rings. The highest BCUT2D eigenvalue weighted by Gasteiger charge is 2.28. The number of ether oxygens (including phenoxy) is 1. The molecule has 0 aromatic heterocycles. The van der Waals surface area contributed by atoms with E-state index in [4.69, 9.17) is 0 Å². The molecule has 1 amide bonds. The summed E-state index contributed by atoms with van der Waals surface area (Å²) < 4.78 is 80.8. The monoisotopic (exact) mass is 400 g/mol. The summed E-state index contributed by atoms with van der Waals surface area (Å²) in [6.45, 7) is 2.64. The van der Waals surface area contributed by atoms with E-state index in [-0.39, 0.29) is 4.90 Å². The van der Waals surface area contributed by atoms with Gasteiger partial charge >= 0.3 is 6.18 Å².